The largest absolute Gasteiger partial charge is 0.325 e. The normalized spacial score (nSPS) is 12.6. The van der Waals surface area contributed by atoms with Crippen LogP contribution in [0.25, 0.3) is 16.8 Å². The SMILES string of the molecule is CC(Sc1n[nH]c2nc3ccccc3n12)C(=O)Nc1cc(Cl)cc(Cl)c1. The van der Waals surface area contributed by atoms with E-state index in [1.54, 1.807) is 18.2 Å². The molecular formula is C17H13Cl2N5OS. The van der Waals surface area contributed by atoms with Gasteiger partial charge in [-0.1, -0.05) is 47.1 Å². The number of anilines is 1. The Morgan fingerprint density at radius 2 is 1.96 bits per heavy atom. The summed E-state index contributed by atoms with van der Waals surface area (Å²) in [7, 11) is 0. The lowest BCUT2D eigenvalue weighted by molar-refractivity contribution is -0.115. The number of carbonyl (C=O) groups excluding carboxylic acids is 1. The van der Waals surface area contributed by atoms with Crippen LogP contribution in [0.1, 0.15) is 6.92 Å². The Hall–Kier alpha value is -2.22. The molecule has 4 rings (SSSR count). The van der Waals surface area contributed by atoms with Crippen LogP contribution in [0, 0.1) is 0 Å². The predicted molar refractivity (Wildman–Crippen MR) is 105 cm³/mol. The molecule has 0 saturated heterocycles. The van der Waals surface area contributed by atoms with E-state index in [1.165, 1.54) is 11.8 Å². The number of H-pyrrole nitrogens is 1. The van der Waals surface area contributed by atoms with Crippen molar-refractivity contribution in [2.75, 3.05) is 5.32 Å². The molecule has 1 unspecified atom stereocenters. The van der Waals surface area contributed by atoms with Crippen LogP contribution in [0.3, 0.4) is 0 Å². The van der Waals surface area contributed by atoms with Crippen molar-refractivity contribution in [2.24, 2.45) is 0 Å². The van der Waals surface area contributed by atoms with Crippen molar-refractivity contribution in [2.45, 2.75) is 17.3 Å². The molecule has 1 amide bonds. The quantitative estimate of drug-likeness (QED) is 0.485. The highest BCUT2D eigenvalue weighted by molar-refractivity contribution is 8.00. The van der Waals surface area contributed by atoms with Crippen molar-refractivity contribution in [3.05, 3.63) is 52.5 Å². The van der Waals surface area contributed by atoms with E-state index < -0.39 is 0 Å². The monoisotopic (exact) mass is 405 g/mol. The van der Waals surface area contributed by atoms with Crippen molar-refractivity contribution in [3.63, 3.8) is 0 Å². The molecular weight excluding hydrogens is 393 g/mol. The summed E-state index contributed by atoms with van der Waals surface area (Å²) in [4.78, 5) is 17.0. The van der Waals surface area contributed by atoms with E-state index in [4.69, 9.17) is 23.2 Å². The Bertz CT molecular complexity index is 1100. The Balaban J connectivity index is 1.56. The van der Waals surface area contributed by atoms with Gasteiger partial charge in [0.05, 0.1) is 16.3 Å². The van der Waals surface area contributed by atoms with Gasteiger partial charge in [0.1, 0.15) is 0 Å². The van der Waals surface area contributed by atoms with E-state index in [0.717, 1.165) is 11.0 Å². The van der Waals surface area contributed by atoms with E-state index in [9.17, 15) is 4.79 Å². The van der Waals surface area contributed by atoms with Crippen LogP contribution >= 0.6 is 35.0 Å². The maximum absolute atomic E-state index is 12.5. The number of carbonyl (C=O) groups is 1. The number of nitrogens with one attached hydrogen (secondary N) is 2. The number of hydrogen-bond donors (Lipinski definition) is 2. The number of aromatic nitrogens is 4. The number of aromatic amines is 1. The molecule has 0 spiro atoms. The van der Waals surface area contributed by atoms with E-state index in [1.807, 2.05) is 35.6 Å². The van der Waals surface area contributed by atoms with Crippen LogP contribution in [0.4, 0.5) is 5.69 Å². The summed E-state index contributed by atoms with van der Waals surface area (Å²) in [5, 5.41) is 11.2. The fourth-order valence-electron chi connectivity index (χ4n) is 2.60. The summed E-state index contributed by atoms with van der Waals surface area (Å²) >= 11 is 13.3. The molecule has 6 nitrogen and oxygen atoms in total. The van der Waals surface area contributed by atoms with Crippen LogP contribution in [0.2, 0.25) is 10.0 Å². The van der Waals surface area contributed by atoms with Gasteiger partial charge in [0.25, 0.3) is 0 Å². The first kappa shape index (κ1) is 17.2. The van der Waals surface area contributed by atoms with Gasteiger partial charge in [-0.2, -0.15) is 0 Å². The minimum Gasteiger partial charge on any atom is -0.325 e. The lowest BCUT2D eigenvalue weighted by Crippen LogP contribution is -2.22. The van der Waals surface area contributed by atoms with E-state index in [-0.39, 0.29) is 11.2 Å². The number of para-hydroxylation sites is 2. The van der Waals surface area contributed by atoms with Gasteiger partial charge in [-0.15, -0.1) is 5.10 Å². The number of nitrogens with zero attached hydrogens (tertiary/aromatic N) is 3. The molecule has 2 heterocycles. The summed E-state index contributed by atoms with van der Waals surface area (Å²) in [5.41, 5.74) is 2.36. The maximum Gasteiger partial charge on any atom is 0.237 e. The van der Waals surface area contributed by atoms with Gasteiger partial charge in [-0.05, 0) is 37.3 Å². The first-order chi connectivity index (χ1) is 12.5. The molecule has 1 atom stereocenters. The Kier molecular flexibility index (Phi) is 4.52. The van der Waals surface area contributed by atoms with Crippen LogP contribution in [0.15, 0.2) is 47.6 Å². The molecule has 0 bridgehead atoms. The number of benzene rings is 2. The van der Waals surface area contributed by atoms with Gasteiger partial charge in [-0.3, -0.25) is 9.20 Å². The average Bonchev–Trinajstić information content (AvgIpc) is 3.13. The van der Waals surface area contributed by atoms with E-state index in [0.29, 0.717) is 26.7 Å². The zero-order chi connectivity index (χ0) is 18.3. The Labute approximate surface area is 162 Å². The highest BCUT2D eigenvalue weighted by Crippen LogP contribution is 2.27. The van der Waals surface area contributed by atoms with Gasteiger partial charge in [0, 0.05) is 15.7 Å². The van der Waals surface area contributed by atoms with Gasteiger partial charge < -0.3 is 5.32 Å². The maximum atomic E-state index is 12.5. The molecule has 4 aromatic rings. The van der Waals surface area contributed by atoms with Crippen LogP contribution in [-0.2, 0) is 4.79 Å². The average molecular weight is 406 g/mol. The Morgan fingerprint density at radius 3 is 2.73 bits per heavy atom. The Morgan fingerprint density at radius 1 is 1.23 bits per heavy atom. The van der Waals surface area contributed by atoms with Crippen LogP contribution in [0.5, 0.6) is 0 Å². The molecule has 9 heteroatoms. The number of thioether (sulfide) groups is 1. The van der Waals surface area contributed by atoms with Gasteiger partial charge in [0.15, 0.2) is 5.16 Å². The summed E-state index contributed by atoms with van der Waals surface area (Å²) in [6.07, 6.45) is 0. The predicted octanol–water partition coefficient (Wildman–Crippen LogP) is 4.64. The number of imidazole rings is 1. The third-order valence-corrected chi connectivity index (χ3v) is 5.27. The lowest BCUT2D eigenvalue weighted by Gasteiger charge is -2.11. The standard InChI is InChI=1S/C17H13Cl2N5OS/c1-9(15(25)20-12-7-10(18)6-11(19)8-12)26-17-23-22-16-21-13-4-2-3-5-14(13)24(16)17/h2-9H,1H3,(H,20,25)(H,21,22). The zero-order valence-corrected chi connectivity index (χ0v) is 15.9. The van der Waals surface area contributed by atoms with E-state index >= 15 is 0 Å². The van der Waals surface area contributed by atoms with Gasteiger partial charge in [0.2, 0.25) is 11.7 Å². The van der Waals surface area contributed by atoms with Crippen molar-refractivity contribution in [3.8, 4) is 0 Å². The minimum absolute atomic E-state index is 0.172. The fourth-order valence-corrected chi connectivity index (χ4v) is 4.00. The molecule has 2 aromatic carbocycles. The first-order valence-electron chi connectivity index (χ1n) is 7.76. The number of halogens is 2. The minimum atomic E-state index is -0.389. The molecule has 0 fully saturated rings. The van der Waals surface area contributed by atoms with Gasteiger partial charge >= 0.3 is 0 Å². The van der Waals surface area contributed by atoms with E-state index in [2.05, 4.69) is 20.5 Å². The van der Waals surface area contributed by atoms with Gasteiger partial charge in [-0.25, -0.2) is 10.1 Å². The van der Waals surface area contributed by atoms with Crippen LogP contribution in [-0.4, -0.2) is 30.7 Å². The second-order valence-electron chi connectivity index (χ2n) is 5.67. The second kappa shape index (κ2) is 6.83. The van der Waals surface area contributed by atoms with Crippen LogP contribution < -0.4 is 5.32 Å². The summed E-state index contributed by atoms with van der Waals surface area (Å²) in [6.45, 7) is 1.81. The molecule has 0 aliphatic carbocycles. The highest BCUT2D eigenvalue weighted by atomic mass is 35.5. The van der Waals surface area contributed by atoms with Crippen molar-refractivity contribution < 1.29 is 4.79 Å². The third-order valence-electron chi connectivity index (χ3n) is 3.79. The topological polar surface area (TPSA) is 75.1 Å². The molecule has 0 aliphatic rings. The molecule has 0 aliphatic heterocycles. The molecule has 26 heavy (non-hydrogen) atoms. The number of amides is 1. The summed E-state index contributed by atoms with van der Waals surface area (Å²) in [5.74, 6) is 0.469. The lowest BCUT2D eigenvalue weighted by atomic mass is 10.3. The number of hydrogen-bond acceptors (Lipinski definition) is 4. The first-order valence-corrected chi connectivity index (χ1v) is 9.40. The smallest absolute Gasteiger partial charge is 0.237 e. The second-order valence-corrected chi connectivity index (χ2v) is 7.85. The van der Waals surface area contributed by atoms with Crippen molar-refractivity contribution >= 4 is 63.4 Å². The zero-order valence-electron chi connectivity index (χ0n) is 13.5. The fraction of sp³-hybridized carbons (Fsp3) is 0.118. The highest BCUT2D eigenvalue weighted by Gasteiger charge is 2.20. The number of rotatable bonds is 4. The summed E-state index contributed by atoms with van der Waals surface area (Å²) < 4.78 is 1.90. The molecule has 132 valence electrons. The molecule has 0 radical (unpaired) electrons. The number of fused-ring (bicyclic) bond motifs is 3. The molecule has 0 saturated carbocycles. The van der Waals surface area contributed by atoms with Crippen molar-refractivity contribution in [1.82, 2.24) is 19.6 Å². The third kappa shape index (κ3) is 3.25. The molecule has 2 N–H and O–H groups in total. The summed E-state index contributed by atoms with van der Waals surface area (Å²) in [6, 6.07) is 12.7. The molecule has 2 aromatic heterocycles. The van der Waals surface area contributed by atoms with Crippen molar-refractivity contribution in [1.29, 1.82) is 0 Å².